The fourth-order valence-corrected chi connectivity index (χ4v) is 3.45. The largest absolute Gasteiger partial charge is 0.345 e. The molecule has 112 valence electrons. The van der Waals surface area contributed by atoms with Crippen molar-refractivity contribution in [3.05, 3.63) is 29.8 Å². The van der Waals surface area contributed by atoms with Gasteiger partial charge in [-0.2, -0.15) is 0 Å². The molecule has 1 aliphatic carbocycles. The molecule has 2 fully saturated rings. The van der Waals surface area contributed by atoms with E-state index in [0.29, 0.717) is 6.54 Å². The summed E-state index contributed by atoms with van der Waals surface area (Å²) < 4.78 is 0. The molecule has 1 aliphatic heterocycles. The number of carbonyl (C=O) groups excluding carboxylic acids is 2. The first-order valence-electron chi connectivity index (χ1n) is 7.52. The van der Waals surface area contributed by atoms with Crippen LogP contribution in [0.5, 0.6) is 0 Å². The van der Waals surface area contributed by atoms with E-state index in [4.69, 9.17) is 5.73 Å². The molecular weight excluding hydrogens is 266 g/mol. The van der Waals surface area contributed by atoms with Crippen LogP contribution >= 0.6 is 0 Å². The van der Waals surface area contributed by atoms with E-state index in [1.807, 2.05) is 12.1 Å². The van der Waals surface area contributed by atoms with E-state index in [1.165, 1.54) is 23.3 Å². The van der Waals surface area contributed by atoms with Crippen LogP contribution in [0.1, 0.15) is 31.2 Å². The maximum absolute atomic E-state index is 11.9. The quantitative estimate of drug-likeness (QED) is 0.868. The summed E-state index contributed by atoms with van der Waals surface area (Å²) in [5.41, 5.74) is 8.13. The average Bonchev–Trinajstić information content (AvgIpc) is 3.00. The van der Waals surface area contributed by atoms with Gasteiger partial charge < -0.3 is 16.0 Å². The minimum atomic E-state index is -0.118. The third kappa shape index (κ3) is 2.53. The van der Waals surface area contributed by atoms with Gasteiger partial charge in [-0.25, -0.2) is 0 Å². The van der Waals surface area contributed by atoms with Crippen molar-refractivity contribution in [3.8, 4) is 0 Å². The van der Waals surface area contributed by atoms with Gasteiger partial charge in [-0.05, 0) is 30.5 Å². The van der Waals surface area contributed by atoms with E-state index in [0.717, 1.165) is 18.5 Å². The maximum atomic E-state index is 11.9. The second kappa shape index (κ2) is 5.48. The Hall–Kier alpha value is -1.88. The van der Waals surface area contributed by atoms with Gasteiger partial charge in [-0.3, -0.25) is 9.59 Å². The Morgan fingerprint density at radius 3 is 2.43 bits per heavy atom. The zero-order valence-electron chi connectivity index (χ0n) is 12.1. The Bertz CT molecular complexity index is 547. The van der Waals surface area contributed by atoms with Crippen LogP contribution in [0.2, 0.25) is 0 Å². The number of anilines is 1. The number of nitrogens with two attached hydrogens (primary N) is 1. The molecule has 2 amide bonds. The van der Waals surface area contributed by atoms with Crippen LogP contribution in [0.15, 0.2) is 24.3 Å². The molecule has 3 N–H and O–H groups in total. The van der Waals surface area contributed by atoms with Gasteiger partial charge in [0.25, 0.3) is 0 Å². The number of piperazine rings is 1. The smallest absolute Gasteiger partial charge is 0.246 e. The van der Waals surface area contributed by atoms with Crippen LogP contribution in [0.25, 0.3) is 0 Å². The molecule has 5 heteroatoms. The molecule has 0 atom stereocenters. The number of nitrogens with one attached hydrogen (secondary N) is 1. The highest BCUT2D eigenvalue weighted by molar-refractivity contribution is 6.04. The van der Waals surface area contributed by atoms with Crippen molar-refractivity contribution in [2.45, 2.75) is 31.1 Å². The second-order valence-corrected chi connectivity index (χ2v) is 6.00. The molecule has 0 spiro atoms. The number of carbonyl (C=O) groups is 2. The lowest BCUT2D eigenvalue weighted by molar-refractivity contribution is -0.128. The SMILES string of the molecule is NCC1(c2ccc(N3CC(=O)NCC3=O)cc2)CCCC1. The summed E-state index contributed by atoms with van der Waals surface area (Å²) in [6.45, 7) is 0.838. The lowest BCUT2D eigenvalue weighted by Crippen LogP contribution is -2.51. The first-order valence-corrected chi connectivity index (χ1v) is 7.52. The van der Waals surface area contributed by atoms with E-state index in [2.05, 4.69) is 17.4 Å². The number of hydrogen-bond acceptors (Lipinski definition) is 3. The predicted octanol–water partition coefficient (Wildman–Crippen LogP) is 0.920. The van der Waals surface area contributed by atoms with Crippen LogP contribution in [0, 0.1) is 0 Å². The van der Waals surface area contributed by atoms with Crippen molar-refractivity contribution in [2.75, 3.05) is 24.5 Å². The first-order chi connectivity index (χ1) is 10.1. The molecule has 21 heavy (non-hydrogen) atoms. The average molecular weight is 287 g/mol. The molecule has 1 aromatic carbocycles. The van der Waals surface area contributed by atoms with Crippen molar-refractivity contribution in [3.63, 3.8) is 0 Å². The van der Waals surface area contributed by atoms with Crippen LogP contribution < -0.4 is 16.0 Å². The van der Waals surface area contributed by atoms with Crippen molar-refractivity contribution in [2.24, 2.45) is 5.73 Å². The van der Waals surface area contributed by atoms with E-state index in [-0.39, 0.29) is 30.3 Å². The van der Waals surface area contributed by atoms with Crippen molar-refractivity contribution < 1.29 is 9.59 Å². The normalized spacial score (nSPS) is 21.5. The molecule has 3 rings (SSSR count). The zero-order valence-corrected chi connectivity index (χ0v) is 12.1. The van der Waals surface area contributed by atoms with E-state index < -0.39 is 0 Å². The third-order valence-electron chi connectivity index (χ3n) is 4.78. The predicted molar refractivity (Wildman–Crippen MR) is 81.0 cm³/mol. The molecule has 5 nitrogen and oxygen atoms in total. The molecule has 0 aromatic heterocycles. The molecule has 2 aliphatic rings. The van der Waals surface area contributed by atoms with Crippen LogP contribution in [-0.4, -0.2) is 31.4 Å². The molecule has 1 aromatic rings. The van der Waals surface area contributed by atoms with Crippen LogP contribution in [-0.2, 0) is 15.0 Å². The number of amides is 2. The zero-order chi connectivity index (χ0) is 14.9. The highest BCUT2D eigenvalue weighted by Gasteiger charge is 2.34. The summed E-state index contributed by atoms with van der Waals surface area (Å²) in [5, 5.41) is 2.56. The van der Waals surface area contributed by atoms with Gasteiger partial charge in [0.15, 0.2) is 0 Å². The van der Waals surface area contributed by atoms with Gasteiger partial charge in [0.1, 0.15) is 6.54 Å². The van der Waals surface area contributed by atoms with Gasteiger partial charge in [0, 0.05) is 17.6 Å². The molecule has 1 heterocycles. The fourth-order valence-electron chi connectivity index (χ4n) is 3.45. The van der Waals surface area contributed by atoms with Crippen LogP contribution in [0.3, 0.4) is 0 Å². The maximum Gasteiger partial charge on any atom is 0.246 e. The molecule has 0 unspecified atom stereocenters. The van der Waals surface area contributed by atoms with Gasteiger partial charge in [-0.1, -0.05) is 25.0 Å². The fraction of sp³-hybridized carbons (Fsp3) is 0.500. The molecule has 1 saturated heterocycles. The second-order valence-electron chi connectivity index (χ2n) is 6.00. The lowest BCUT2D eigenvalue weighted by atomic mass is 9.79. The summed E-state index contributed by atoms with van der Waals surface area (Å²) in [5.74, 6) is -0.190. The molecular formula is C16H21N3O2. The van der Waals surface area contributed by atoms with E-state index in [1.54, 1.807) is 0 Å². The van der Waals surface area contributed by atoms with E-state index >= 15 is 0 Å². The van der Waals surface area contributed by atoms with Crippen molar-refractivity contribution >= 4 is 17.5 Å². The summed E-state index contributed by atoms with van der Waals surface area (Å²) in [6, 6.07) is 7.99. The number of hydrogen-bond donors (Lipinski definition) is 2. The Labute approximate surface area is 124 Å². The Morgan fingerprint density at radius 1 is 1.14 bits per heavy atom. The molecule has 0 radical (unpaired) electrons. The summed E-state index contributed by atoms with van der Waals surface area (Å²) >= 11 is 0. The topological polar surface area (TPSA) is 75.4 Å². The van der Waals surface area contributed by atoms with Gasteiger partial charge in [-0.15, -0.1) is 0 Å². The number of rotatable bonds is 3. The standard InChI is InChI=1S/C16H21N3O2/c17-11-16(7-1-2-8-16)12-3-5-13(6-4-12)19-10-14(20)18-9-15(19)21/h3-6H,1-2,7-11,17H2,(H,18,20). The van der Waals surface area contributed by atoms with Crippen molar-refractivity contribution in [1.82, 2.24) is 5.32 Å². The van der Waals surface area contributed by atoms with Crippen molar-refractivity contribution in [1.29, 1.82) is 0 Å². The Balaban J connectivity index is 1.83. The summed E-state index contributed by atoms with van der Waals surface area (Å²) in [6.07, 6.45) is 4.72. The Morgan fingerprint density at radius 2 is 1.81 bits per heavy atom. The minimum absolute atomic E-state index is 0.0724. The summed E-state index contributed by atoms with van der Waals surface area (Å²) in [7, 11) is 0. The molecule has 0 bridgehead atoms. The lowest BCUT2D eigenvalue weighted by Gasteiger charge is -2.30. The summed E-state index contributed by atoms with van der Waals surface area (Å²) in [4.78, 5) is 24.9. The van der Waals surface area contributed by atoms with E-state index in [9.17, 15) is 9.59 Å². The first kappa shape index (κ1) is 14.1. The number of benzene rings is 1. The number of nitrogens with zero attached hydrogens (tertiary/aromatic N) is 1. The highest BCUT2D eigenvalue weighted by atomic mass is 16.2. The third-order valence-corrected chi connectivity index (χ3v) is 4.78. The monoisotopic (exact) mass is 287 g/mol. The highest BCUT2D eigenvalue weighted by Crippen LogP contribution is 2.40. The minimum Gasteiger partial charge on any atom is -0.345 e. The molecule has 1 saturated carbocycles. The Kier molecular flexibility index (Phi) is 3.68. The van der Waals surface area contributed by atoms with Gasteiger partial charge in [0.05, 0.1) is 6.54 Å². The van der Waals surface area contributed by atoms with Gasteiger partial charge in [0.2, 0.25) is 11.8 Å². The van der Waals surface area contributed by atoms with Crippen LogP contribution in [0.4, 0.5) is 5.69 Å². The van der Waals surface area contributed by atoms with Gasteiger partial charge >= 0.3 is 0 Å².